The number of likely N-dealkylation sites (tertiary alicyclic amines) is 1. The van der Waals surface area contributed by atoms with E-state index >= 15 is 0 Å². The molecule has 1 aromatic carbocycles. The Morgan fingerprint density at radius 2 is 2.17 bits per heavy atom. The lowest BCUT2D eigenvalue weighted by Crippen LogP contribution is -2.43. The van der Waals surface area contributed by atoms with Gasteiger partial charge in [0.05, 0.1) is 0 Å². The van der Waals surface area contributed by atoms with Crippen molar-refractivity contribution in [2.75, 3.05) is 13.1 Å². The Kier molecular flexibility index (Phi) is 6.64. The number of piperidine rings is 1. The van der Waals surface area contributed by atoms with Crippen molar-refractivity contribution in [3.8, 4) is 0 Å². The Labute approximate surface area is 124 Å². The standard InChI is InChI=1S/C14H21BrN2.ClH/c1-11-8-12(5-6-14(11)15)10-17-7-3-2-4-13(17)9-16;/h5-6,8,13H,2-4,7,9-10,16H2,1H3;1H. The fourth-order valence-corrected chi connectivity index (χ4v) is 2.82. The minimum absolute atomic E-state index is 0. The summed E-state index contributed by atoms with van der Waals surface area (Å²) < 4.78 is 1.19. The first-order valence-electron chi connectivity index (χ1n) is 6.40. The first-order chi connectivity index (χ1) is 8.20. The molecule has 1 aromatic rings. The average Bonchev–Trinajstić information content (AvgIpc) is 2.34. The normalized spacial score (nSPS) is 20.5. The number of rotatable bonds is 3. The lowest BCUT2D eigenvalue weighted by molar-refractivity contribution is 0.145. The molecule has 102 valence electrons. The Morgan fingerprint density at radius 1 is 1.39 bits per heavy atom. The molecule has 1 fully saturated rings. The molecule has 0 spiro atoms. The van der Waals surface area contributed by atoms with Crippen LogP contribution in [-0.4, -0.2) is 24.0 Å². The van der Waals surface area contributed by atoms with Crippen LogP contribution in [0.25, 0.3) is 0 Å². The van der Waals surface area contributed by atoms with Gasteiger partial charge in [0.1, 0.15) is 0 Å². The minimum Gasteiger partial charge on any atom is -0.329 e. The van der Waals surface area contributed by atoms with Crippen LogP contribution in [0.4, 0.5) is 0 Å². The highest BCUT2D eigenvalue weighted by Gasteiger charge is 2.20. The lowest BCUT2D eigenvalue weighted by Gasteiger charge is -2.35. The summed E-state index contributed by atoms with van der Waals surface area (Å²) in [4.78, 5) is 2.53. The molecule has 4 heteroatoms. The molecule has 1 heterocycles. The van der Waals surface area contributed by atoms with Crippen molar-refractivity contribution in [1.29, 1.82) is 0 Å². The molecule has 2 N–H and O–H groups in total. The number of aryl methyl sites for hydroxylation is 1. The Morgan fingerprint density at radius 3 is 2.83 bits per heavy atom. The van der Waals surface area contributed by atoms with E-state index in [1.165, 1.54) is 41.4 Å². The topological polar surface area (TPSA) is 29.3 Å². The lowest BCUT2D eigenvalue weighted by atomic mass is 10.0. The largest absolute Gasteiger partial charge is 0.329 e. The average molecular weight is 334 g/mol. The summed E-state index contributed by atoms with van der Waals surface area (Å²) in [5.41, 5.74) is 8.56. The van der Waals surface area contributed by atoms with Crippen molar-refractivity contribution in [3.63, 3.8) is 0 Å². The highest BCUT2D eigenvalue weighted by molar-refractivity contribution is 9.10. The van der Waals surface area contributed by atoms with E-state index in [4.69, 9.17) is 5.73 Å². The van der Waals surface area contributed by atoms with Gasteiger partial charge in [-0.3, -0.25) is 4.90 Å². The van der Waals surface area contributed by atoms with E-state index in [1.54, 1.807) is 0 Å². The van der Waals surface area contributed by atoms with Gasteiger partial charge >= 0.3 is 0 Å². The predicted octanol–water partition coefficient (Wildman–Crippen LogP) is 3.49. The second-order valence-corrected chi connectivity index (χ2v) is 5.79. The molecule has 0 amide bonds. The van der Waals surface area contributed by atoms with E-state index in [-0.39, 0.29) is 12.4 Å². The third-order valence-corrected chi connectivity index (χ3v) is 4.52. The van der Waals surface area contributed by atoms with Gasteiger partial charge in [-0.1, -0.05) is 34.5 Å². The van der Waals surface area contributed by atoms with Gasteiger partial charge in [0.15, 0.2) is 0 Å². The van der Waals surface area contributed by atoms with Gasteiger partial charge in [0.2, 0.25) is 0 Å². The molecular weight excluding hydrogens is 312 g/mol. The maximum absolute atomic E-state index is 5.85. The Bertz CT molecular complexity index is 384. The maximum Gasteiger partial charge on any atom is 0.0237 e. The van der Waals surface area contributed by atoms with E-state index in [9.17, 15) is 0 Å². The predicted molar refractivity (Wildman–Crippen MR) is 83.2 cm³/mol. The molecule has 2 rings (SSSR count). The van der Waals surface area contributed by atoms with Crippen molar-refractivity contribution in [1.82, 2.24) is 4.90 Å². The SMILES string of the molecule is Cc1cc(CN2CCCCC2CN)ccc1Br.Cl. The first-order valence-corrected chi connectivity index (χ1v) is 7.19. The van der Waals surface area contributed by atoms with Gasteiger partial charge in [0.25, 0.3) is 0 Å². The molecule has 1 saturated heterocycles. The van der Waals surface area contributed by atoms with Crippen molar-refractivity contribution in [2.45, 2.75) is 38.8 Å². The monoisotopic (exact) mass is 332 g/mol. The molecule has 1 unspecified atom stereocenters. The van der Waals surface area contributed by atoms with Crippen molar-refractivity contribution in [2.24, 2.45) is 5.73 Å². The maximum atomic E-state index is 5.85. The van der Waals surface area contributed by atoms with Crippen molar-refractivity contribution in [3.05, 3.63) is 33.8 Å². The minimum atomic E-state index is 0. The first kappa shape index (κ1) is 16.0. The van der Waals surface area contributed by atoms with Crippen LogP contribution in [0.3, 0.4) is 0 Å². The second-order valence-electron chi connectivity index (χ2n) is 4.94. The van der Waals surface area contributed by atoms with Crippen LogP contribution in [0.15, 0.2) is 22.7 Å². The van der Waals surface area contributed by atoms with Gasteiger partial charge in [-0.15, -0.1) is 12.4 Å². The van der Waals surface area contributed by atoms with Crippen LogP contribution in [-0.2, 0) is 6.54 Å². The van der Waals surface area contributed by atoms with Gasteiger partial charge in [-0.05, 0) is 43.5 Å². The summed E-state index contributed by atoms with van der Waals surface area (Å²) in [6.45, 7) is 5.16. The van der Waals surface area contributed by atoms with Crippen LogP contribution < -0.4 is 5.73 Å². The van der Waals surface area contributed by atoms with Gasteiger partial charge < -0.3 is 5.73 Å². The molecule has 0 bridgehead atoms. The van der Waals surface area contributed by atoms with Crippen LogP contribution in [0, 0.1) is 6.92 Å². The van der Waals surface area contributed by atoms with Crippen molar-refractivity contribution < 1.29 is 0 Å². The smallest absolute Gasteiger partial charge is 0.0237 e. The zero-order chi connectivity index (χ0) is 12.3. The van der Waals surface area contributed by atoms with Gasteiger partial charge in [-0.25, -0.2) is 0 Å². The molecular formula is C14H22BrClN2. The van der Waals surface area contributed by atoms with Crippen LogP contribution in [0.2, 0.25) is 0 Å². The zero-order valence-corrected chi connectivity index (χ0v) is 13.3. The number of hydrogen-bond donors (Lipinski definition) is 1. The third kappa shape index (κ3) is 3.95. The summed E-state index contributed by atoms with van der Waals surface area (Å²) in [5, 5.41) is 0. The summed E-state index contributed by atoms with van der Waals surface area (Å²) >= 11 is 3.55. The van der Waals surface area contributed by atoms with E-state index < -0.39 is 0 Å². The number of benzene rings is 1. The molecule has 18 heavy (non-hydrogen) atoms. The Hall–Kier alpha value is -0.0900. The quantitative estimate of drug-likeness (QED) is 0.917. The molecule has 1 aliphatic heterocycles. The van der Waals surface area contributed by atoms with Crippen molar-refractivity contribution >= 4 is 28.3 Å². The fourth-order valence-electron chi connectivity index (χ4n) is 2.57. The van der Waals surface area contributed by atoms with Gasteiger partial charge in [-0.2, -0.15) is 0 Å². The summed E-state index contributed by atoms with van der Waals surface area (Å²) in [7, 11) is 0. The van der Waals surface area contributed by atoms with E-state index in [1.807, 2.05) is 0 Å². The van der Waals surface area contributed by atoms with E-state index in [2.05, 4.69) is 46.0 Å². The second kappa shape index (κ2) is 7.49. The highest BCUT2D eigenvalue weighted by Crippen LogP contribution is 2.22. The number of hydrogen-bond acceptors (Lipinski definition) is 2. The summed E-state index contributed by atoms with van der Waals surface area (Å²) in [6, 6.07) is 7.20. The zero-order valence-electron chi connectivity index (χ0n) is 10.9. The van der Waals surface area contributed by atoms with Crippen LogP contribution in [0.5, 0.6) is 0 Å². The molecule has 0 aromatic heterocycles. The third-order valence-electron chi connectivity index (χ3n) is 3.63. The molecule has 0 radical (unpaired) electrons. The number of halogens is 2. The number of nitrogens with zero attached hydrogens (tertiary/aromatic N) is 1. The van der Waals surface area contributed by atoms with E-state index in [0.29, 0.717) is 6.04 Å². The molecule has 2 nitrogen and oxygen atoms in total. The number of nitrogens with two attached hydrogens (primary N) is 1. The molecule has 0 aliphatic carbocycles. The Balaban J connectivity index is 0.00000162. The van der Waals surface area contributed by atoms with Crippen LogP contribution in [0.1, 0.15) is 30.4 Å². The molecule has 1 aliphatic rings. The van der Waals surface area contributed by atoms with Crippen LogP contribution >= 0.6 is 28.3 Å². The molecule has 0 saturated carbocycles. The molecule has 1 atom stereocenters. The summed E-state index contributed by atoms with van der Waals surface area (Å²) in [6.07, 6.45) is 3.90. The summed E-state index contributed by atoms with van der Waals surface area (Å²) in [5.74, 6) is 0. The van der Waals surface area contributed by atoms with E-state index in [0.717, 1.165) is 13.1 Å². The van der Waals surface area contributed by atoms with Gasteiger partial charge in [0, 0.05) is 23.6 Å². The highest BCUT2D eigenvalue weighted by atomic mass is 79.9. The fraction of sp³-hybridized carbons (Fsp3) is 0.571.